The first-order valence-electron chi connectivity index (χ1n) is 6.97. The third-order valence-electron chi connectivity index (χ3n) is 4.25. The van der Waals surface area contributed by atoms with Crippen molar-refractivity contribution < 1.29 is 19.8 Å². The Kier molecular flexibility index (Phi) is 4.76. The Balaban J connectivity index is 1.80. The van der Waals surface area contributed by atoms with Crippen molar-refractivity contribution in [3.05, 3.63) is 0 Å². The third kappa shape index (κ3) is 3.45. The minimum Gasteiger partial charge on any atom is -0.481 e. The number of carbonyl (C=O) groups excluding carboxylic acids is 1. The fourth-order valence-corrected chi connectivity index (χ4v) is 2.96. The van der Waals surface area contributed by atoms with E-state index in [0.717, 1.165) is 19.4 Å². The highest BCUT2D eigenvalue weighted by Gasteiger charge is 2.30. The number of carbonyl (C=O) groups is 2. The van der Waals surface area contributed by atoms with Gasteiger partial charge in [0.15, 0.2) is 0 Å². The van der Waals surface area contributed by atoms with E-state index in [1.165, 1.54) is 0 Å². The summed E-state index contributed by atoms with van der Waals surface area (Å²) in [6.45, 7) is 2.39. The van der Waals surface area contributed by atoms with Gasteiger partial charge in [0.25, 0.3) is 0 Å². The number of hydrogen-bond acceptors (Lipinski definition) is 4. The van der Waals surface area contributed by atoms with Gasteiger partial charge in [-0.25, -0.2) is 0 Å². The Morgan fingerprint density at radius 1 is 1.11 bits per heavy atom. The van der Waals surface area contributed by atoms with Crippen molar-refractivity contribution in [2.45, 2.75) is 31.7 Å². The second kappa shape index (κ2) is 6.34. The summed E-state index contributed by atoms with van der Waals surface area (Å²) >= 11 is 0. The molecule has 0 radical (unpaired) electrons. The van der Waals surface area contributed by atoms with E-state index in [-0.39, 0.29) is 24.5 Å². The fraction of sp³-hybridized carbons (Fsp3) is 0.846. The van der Waals surface area contributed by atoms with Crippen LogP contribution in [0.15, 0.2) is 0 Å². The molecule has 2 saturated heterocycles. The van der Waals surface area contributed by atoms with Gasteiger partial charge in [0.2, 0.25) is 5.91 Å². The average Bonchev–Trinajstić information content (AvgIpc) is 2.86. The van der Waals surface area contributed by atoms with Crippen LogP contribution in [0, 0.1) is 5.92 Å². The van der Waals surface area contributed by atoms with Crippen LogP contribution >= 0.6 is 0 Å². The SMILES string of the molecule is O=C(O)C1CCN(C(=O)CN2CCCC2CO)CC1. The molecular weight excluding hydrogens is 248 g/mol. The van der Waals surface area contributed by atoms with Gasteiger partial charge >= 0.3 is 5.97 Å². The van der Waals surface area contributed by atoms with Crippen molar-refractivity contribution in [3.8, 4) is 0 Å². The Morgan fingerprint density at radius 3 is 2.37 bits per heavy atom. The molecule has 0 aromatic heterocycles. The van der Waals surface area contributed by atoms with Crippen molar-refractivity contribution in [1.82, 2.24) is 9.80 Å². The standard InChI is InChI=1S/C13H22N2O4/c16-9-11-2-1-5-15(11)8-12(17)14-6-3-10(4-7-14)13(18)19/h10-11,16H,1-9H2,(H,18,19). The predicted molar refractivity (Wildman–Crippen MR) is 68.6 cm³/mol. The number of aliphatic carboxylic acids is 1. The molecule has 2 rings (SSSR count). The summed E-state index contributed by atoms with van der Waals surface area (Å²) in [5.74, 6) is -1.00. The van der Waals surface area contributed by atoms with Gasteiger partial charge in [0.05, 0.1) is 19.1 Å². The Hall–Kier alpha value is -1.14. The largest absolute Gasteiger partial charge is 0.481 e. The molecule has 6 nitrogen and oxygen atoms in total. The van der Waals surface area contributed by atoms with Gasteiger partial charge in [-0.15, -0.1) is 0 Å². The van der Waals surface area contributed by atoms with Crippen molar-refractivity contribution in [1.29, 1.82) is 0 Å². The first-order valence-corrected chi connectivity index (χ1v) is 6.97. The van der Waals surface area contributed by atoms with Crippen LogP contribution in [0.5, 0.6) is 0 Å². The fourth-order valence-electron chi connectivity index (χ4n) is 2.96. The lowest BCUT2D eigenvalue weighted by Gasteiger charge is -2.32. The lowest BCUT2D eigenvalue weighted by molar-refractivity contribution is -0.146. The number of amides is 1. The molecule has 2 N–H and O–H groups in total. The lowest BCUT2D eigenvalue weighted by Crippen LogP contribution is -2.46. The van der Waals surface area contributed by atoms with Crippen molar-refractivity contribution in [2.75, 3.05) is 32.8 Å². The van der Waals surface area contributed by atoms with Gasteiger partial charge in [0, 0.05) is 19.1 Å². The quantitative estimate of drug-likeness (QED) is 0.737. The summed E-state index contributed by atoms with van der Waals surface area (Å²) in [5.41, 5.74) is 0. The minimum atomic E-state index is -0.757. The molecule has 1 unspecified atom stereocenters. The molecule has 0 aromatic rings. The van der Waals surface area contributed by atoms with Crippen LogP contribution in [-0.4, -0.2) is 70.7 Å². The summed E-state index contributed by atoms with van der Waals surface area (Å²) in [5, 5.41) is 18.1. The van der Waals surface area contributed by atoms with Gasteiger partial charge in [-0.05, 0) is 32.2 Å². The molecular formula is C13H22N2O4. The minimum absolute atomic E-state index is 0.0594. The van der Waals surface area contributed by atoms with Crippen molar-refractivity contribution >= 4 is 11.9 Å². The van der Waals surface area contributed by atoms with Gasteiger partial charge in [-0.1, -0.05) is 0 Å². The maximum Gasteiger partial charge on any atom is 0.306 e. The molecule has 2 fully saturated rings. The first kappa shape index (κ1) is 14.3. The summed E-state index contributed by atoms with van der Waals surface area (Å²) < 4.78 is 0. The molecule has 19 heavy (non-hydrogen) atoms. The smallest absolute Gasteiger partial charge is 0.306 e. The third-order valence-corrected chi connectivity index (χ3v) is 4.25. The zero-order valence-electron chi connectivity index (χ0n) is 11.1. The van der Waals surface area contributed by atoms with Crippen LogP contribution in [0.4, 0.5) is 0 Å². The van der Waals surface area contributed by atoms with E-state index in [9.17, 15) is 14.7 Å². The maximum atomic E-state index is 12.1. The second-order valence-corrected chi connectivity index (χ2v) is 5.44. The van der Waals surface area contributed by atoms with Crippen molar-refractivity contribution in [3.63, 3.8) is 0 Å². The Labute approximate surface area is 113 Å². The van der Waals surface area contributed by atoms with E-state index in [1.807, 2.05) is 4.90 Å². The number of nitrogens with zero attached hydrogens (tertiary/aromatic N) is 2. The van der Waals surface area contributed by atoms with Gasteiger partial charge in [0.1, 0.15) is 0 Å². The molecule has 2 aliphatic rings. The Morgan fingerprint density at radius 2 is 1.79 bits per heavy atom. The number of piperidine rings is 1. The predicted octanol–water partition coefficient (Wildman–Crippen LogP) is -0.234. The van der Waals surface area contributed by atoms with Crippen LogP contribution in [0.2, 0.25) is 0 Å². The van der Waals surface area contributed by atoms with E-state index in [2.05, 4.69) is 0 Å². The normalized spacial score (nSPS) is 25.7. The number of carboxylic acids is 1. The van der Waals surface area contributed by atoms with E-state index in [4.69, 9.17) is 5.11 Å². The molecule has 0 spiro atoms. The molecule has 1 amide bonds. The molecule has 0 saturated carbocycles. The zero-order valence-corrected chi connectivity index (χ0v) is 11.1. The second-order valence-electron chi connectivity index (χ2n) is 5.44. The first-order chi connectivity index (χ1) is 9.11. The summed E-state index contributed by atoms with van der Waals surface area (Å²) in [7, 11) is 0. The number of rotatable bonds is 4. The molecule has 6 heteroatoms. The van der Waals surface area contributed by atoms with E-state index in [0.29, 0.717) is 32.5 Å². The van der Waals surface area contributed by atoms with Crippen molar-refractivity contribution in [2.24, 2.45) is 5.92 Å². The molecule has 1 atom stereocenters. The number of aliphatic hydroxyl groups is 1. The highest BCUT2D eigenvalue weighted by molar-refractivity contribution is 5.79. The zero-order chi connectivity index (χ0) is 13.8. The molecule has 2 heterocycles. The summed E-state index contributed by atoms with van der Waals surface area (Å²) in [4.78, 5) is 26.8. The highest BCUT2D eigenvalue weighted by Crippen LogP contribution is 2.20. The molecule has 0 aliphatic carbocycles. The molecule has 108 valence electrons. The summed E-state index contributed by atoms with van der Waals surface area (Å²) in [6.07, 6.45) is 3.07. The summed E-state index contributed by atoms with van der Waals surface area (Å²) in [6, 6.07) is 0.112. The van der Waals surface area contributed by atoms with Crippen LogP contribution in [0.1, 0.15) is 25.7 Å². The van der Waals surface area contributed by atoms with Crippen LogP contribution in [-0.2, 0) is 9.59 Å². The highest BCUT2D eigenvalue weighted by atomic mass is 16.4. The van der Waals surface area contributed by atoms with Gasteiger partial charge < -0.3 is 15.1 Å². The van der Waals surface area contributed by atoms with Gasteiger partial charge in [-0.2, -0.15) is 0 Å². The maximum absolute atomic E-state index is 12.1. The number of hydrogen-bond donors (Lipinski definition) is 2. The lowest BCUT2D eigenvalue weighted by atomic mass is 9.97. The van der Waals surface area contributed by atoms with Crippen LogP contribution in [0.25, 0.3) is 0 Å². The number of carboxylic acid groups (broad SMARTS) is 1. The molecule has 2 aliphatic heterocycles. The monoisotopic (exact) mass is 270 g/mol. The average molecular weight is 270 g/mol. The topological polar surface area (TPSA) is 81.1 Å². The van der Waals surface area contributed by atoms with Gasteiger partial charge in [-0.3, -0.25) is 14.5 Å². The van der Waals surface area contributed by atoms with Crippen LogP contribution in [0.3, 0.4) is 0 Å². The Bertz CT molecular complexity index is 340. The van der Waals surface area contributed by atoms with E-state index >= 15 is 0 Å². The van der Waals surface area contributed by atoms with E-state index in [1.54, 1.807) is 4.90 Å². The number of likely N-dealkylation sites (tertiary alicyclic amines) is 2. The number of aliphatic hydroxyl groups excluding tert-OH is 1. The molecule has 0 bridgehead atoms. The molecule has 0 aromatic carbocycles. The van der Waals surface area contributed by atoms with E-state index < -0.39 is 5.97 Å². The van der Waals surface area contributed by atoms with Crippen LogP contribution < -0.4 is 0 Å².